The minimum atomic E-state index is -0.287. The van der Waals surface area contributed by atoms with E-state index in [-0.39, 0.29) is 18.1 Å². The molecule has 106 valence electrons. The highest BCUT2D eigenvalue weighted by atomic mass is 16.5. The third-order valence-electron chi connectivity index (χ3n) is 3.33. The van der Waals surface area contributed by atoms with Crippen molar-refractivity contribution in [3.05, 3.63) is 35.4 Å². The Balaban J connectivity index is 2.16. The molecule has 0 aliphatic carbocycles. The summed E-state index contributed by atoms with van der Waals surface area (Å²) in [6, 6.07) is 7.14. The molecule has 4 heteroatoms. The van der Waals surface area contributed by atoms with Gasteiger partial charge in [-0.15, -0.1) is 0 Å². The number of carbonyl (C=O) groups is 1. The minimum absolute atomic E-state index is 0.0139. The van der Waals surface area contributed by atoms with Crippen LogP contribution in [0.5, 0.6) is 0 Å². The lowest BCUT2D eigenvalue weighted by molar-refractivity contribution is -0.0370. The van der Waals surface area contributed by atoms with Crippen LogP contribution in [-0.4, -0.2) is 47.8 Å². The highest BCUT2D eigenvalue weighted by Crippen LogP contribution is 2.21. The normalized spacial score (nSPS) is 17.2. The Kier molecular flexibility index (Phi) is 4.43. The van der Waals surface area contributed by atoms with Gasteiger partial charge < -0.3 is 14.7 Å². The lowest BCUT2D eigenvalue weighted by atomic mass is 10.0. The van der Waals surface area contributed by atoms with Gasteiger partial charge in [0.2, 0.25) is 0 Å². The Morgan fingerprint density at radius 3 is 2.70 bits per heavy atom. The van der Waals surface area contributed by atoms with Crippen molar-refractivity contribution in [2.75, 3.05) is 26.4 Å². The first kappa shape index (κ1) is 14.6. The molecular weight excluding hydrogens is 254 g/mol. The Bertz CT molecular complexity index is 537. The number of benzene rings is 1. The summed E-state index contributed by atoms with van der Waals surface area (Å²) in [4.78, 5) is 14.4. The van der Waals surface area contributed by atoms with Crippen molar-refractivity contribution in [2.24, 2.45) is 0 Å². The highest BCUT2D eigenvalue weighted by Gasteiger charge is 2.34. The second kappa shape index (κ2) is 6.08. The summed E-state index contributed by atoms with van der Waals surface area (Å²) in [6.45, 7) is 5.59. The number of aliphatic hydroxyl groups excluding tert-OH is 1. The molecule has 0 radical (unpaired) electrons. The van der Waals surface area contributed by atoms with E-state index in [1.165, 1.54) is 0 Å². The van der Waals surface area contributed by atoms with Gasteiger partial charge in [-0.2, -0.15) is 0 Å². The van der Waals surface area contributed by atoms with Crippen LogP contribution in [0.4, 0.5) is 0 Å². The maximum atomic E-state index is 12.5. The van der Waals surface area contributed by atoms with Crippen LogP contribution in [0.2, 0.25) is 0 Å². The second-order valence-electron chi connectivity index (χ2n) is 5.36. The smallest absolute Gasteiger partial charge is 0.254 e. The van der Waals surface area contributed by atoms with E-state index in [1.807, 2.05) is 18.7 Å². The fraction of sp³-hybridized carbons (Fsp3) is 0.438. The van der Waals surface area contributed by atoms with Crippen molar-refractivity contribution < 1.29 is 14.6 Å². The molecule has 0 unspecified atom stereocenters. The molecule has 0 aromatic heterocycles. The van der Waals surface area contributed by atoms with Crippen LogP contribution < -0.4 is 0 Å². The molecule has 1 aromatic rings. The van der Waals surface area contributed by atoms with Crippen LogP contribution in [0.25, 0.3) is 0 Å². The van der Waals surface area contributed by atoms with Gasteiger partial charge in [0.05, 0.1) is 18.8 Å². The molecule has 4 nitrogen and oxygen atoms in total. The van der Waals surface area contributed by atoms with Gasteiger partial charge in [-0.25, -0.2) is 0 Å². The first-order valence-corrected chi connectivity index (χ1v) is 6.64. The highest BCUT2D eigenvalue weighted by molar-refractivity contribution is 5.94. The van der Waals surface area contributed by atoms with Crippen molar-refractivity contribution in [3.63, 3.8) is 0 Å². The Labute approximate surface area is 119 Å². The summed E-state index contributed by atoms with van der Waals surface area (Å²) in [5, 5.41) is 8.65. The standard InChI is InChI=1S/C16H19NO3/c1-16(2)12-20-11-9-17(16)15(19)14-7-5-13(6-8-14)4-3-10-18/h5-8,18H,9-12H2,1-2H3. The molecule has 1 saturated heterocycles. The molecule has 1 aromatic carbocycles. The zero-order valence-corrected chi connectivity index (χ0v) is 11.8. The average Bonchev–Trinajstić information content (AvgIpc) is 2.44. The van der Waals surface area contributed by atoms with E-state index < -0.39 is 0 Å². The van der Waals surface area contributed by atoms with Gasteiger partial charge in [0, 0.05) is 17.7 Å². The number of amides is 1. The zero-order valence-electron chi connectivity index (χ0n) is 11.8. The lowest BCUT2D eigenvalue weighted by Crippen LogP contribution is -2.55. The SMILES string of the molecule is CC1(C)COCCN1C(=O)c1ccc(C#CCO)cc1. The van der Waals surface area contributed by atoms with Gasteiger partial charge in [0.1, 0.15) is 6.61 Å². The number of ether oxygens (including phenoxy) is 1. The summed E-state index contributed by atoms with van der Waals surface area (Å²) in [5.74, 6) is 5.41. The zero-order chi connectivity index (χ0) is 14.6. The van der Waals surface area contributed by atoms with E-state index in [1.54, 1.807) is 24.3 Å². The van der Waals surface area contributed by atoms with Crippen LogP contribution in [0.3, 0.4) is 0 Å². The second-order valence-corrected chi connectivity index (χ2v) is 5.36. The summed E-state index contributed by atoms with van der Waals surface area (Å²) in [6.07, 6.45) is 0. The summed E-state index contributed by atoms with van der Waals surface area (Å²) in [5.41, 5.74) is 1.15. The van der Waals surface area contributed by atoms with Crippen LogP contribution in [0, 0.1) is 11.8 Å². The predicted molar refractivity (Wildman–Crippen MR) is 76.3 cm³/mol. The number of carbonyl (C=O) groups excluding carboxylic acids is 1. The van der Waals surface area contributed by atoms with E-state index in [9.17, 15) is 4.79 Å². The van der Waals surface area contributed by atoms with Gasteiger partial charge in [0.15, 0.2) is 0 Å². The Hall–Kier alpha value is -1.83. The fourth-order valence-electron chi connectivity index (χ4n) is 2.23. The first-order chi connectivity index (χ1) is 9.54. The molecule has 0 saturated carbocycles. The van der Waals surface area contributed by atoms with Crippen LogP contribution in [0.1, 0.15) is 29.8 Å². The average molecular weight is 273 g/mol. The third kappa shape index (κ3) is 3.19. The van der Waals surface area contributed by atoms with Crippen molar-refractivity contribution in [2.45, 2.75) is 19.4 Å². The number of morpholine rings is 1. The number of hydrogen-bond acceptors (Lipinski definition) is 3. The molecule has 0 atom stereocenters. The van der Waals surface area contributed by atoms with Gasteiger partial charge in [0.25, 0.3) is 5.91 Å². The molecule has 1 fully saturated rings. The Morgan fingerprint density at radius 1 is 1.40 bits per heavy atom. The topological polar surface area (TPSA) is 49.8 Å². The molecular formula is C16H19NO3. The third-order valence-corrected chi connectivity index (χ3v) is 3.33. The van der Waals surface area contributed by atoms with Gasteiger partial charge >= 0.3 is 0 Å². The van der Waals surface area contributed by atoms with Crippen molar-refractivity contribution in [1.29, 1.82) is 0 Å². The molecule has 1 aliphatic rings. The number of rotatable bonds is 1. The quantitative estimate of drug-likeness (QED) is 0.784. The van der Waals surface area contributed by atoms with E-state index in [4.69, 9.17) is 9.84 Å². The van der Waals surface area contributed by atoms with Crippen LogP contribution in [-0.2, 0) is 4.74 Å². The van der Waals surface area contributed by atoms with Gasteiger partial charge in [-0.3, -0.25) is 4.79 Å². The Morgan fingerprint density at radius 2 is 2.10 bits per heavy atom. The maximum absolute atomic E-state index is 12.5. The monoisotopic (exact) mass is 273 g/mol. The van der Waals surface area contributed by atoms with Gasteiger partial charge in [-0.1, -0.05) is 11.8 Å². The van der Waals surface area contributed by atoms with Crippen LogP contribution in [0.15, 0.2) is 24.3 Å². The molecule has 1 aliphatic heterocycles. The molecule has 0 spiro atoms. The largest absolute Gasteiger partial charge is 0.384 e. The molecule has 0 bridgehead atoms. The van der Waals surface area contributed by atoms with Crippen molar-refractivity contribution in [1.82, 2.24) is 4.90 Å². The van der Waals surface area contributed by atoms with Crippen molar-refractivity contribution in [3.8, 4) is 11.8 Å². The number of aliphatic hydroxyl groups is 1. The predicted octanol–water partition coefficient (Wildman–Crippen LogP) is 1.28. The molecule has 1 N–H and O–H groups in total. The summed E-state index contributed by atoms with van der Waals surface area (Å²) in [7, 11) is 0. The number of hydrogen-bond donors (Lipinski definition) is 1. The van der Waals surface area contributed by atoms with Crippen LogP contribution >= 0.6 is 0 Å². The van der Waals surface area contributed by atoms with Crippen molar-refractivity contribution >= 4 is 5.91 Å². The van der Waals surface area contributed by atoms with E-state index >= 15 is 0 Å². The first-order valence-electron chi connectivity index (χ1n) is 6.64. The molecule has 1 heterocycles. The van der Waals surface area contributed by atoms with E-state index in [0.717, 1.165) is 5.56 Å². The lowest BCUT2D eigenvalue weighted by Gasteiger charge is -2.42. The summed E-state index contributed by atoms with van der Waals surface area (Å²) < 4.78 is 5.43. The van der Waals surface area contributed by atoms with E-state index in [0.29, 0.717) is 25.3 Å². The summed E-state index contributed by atoms with van der Waals surface area (Å²) >= 11 is 0. The molecule has 20 heavy (non-hydrogen) atoms. The molecule has 2 rings (SSSR count). The maximum Gasteiger partial charge on any atom is 0.254 e. The van der Waals surface area contributed by atoms with Gasteiger partial charge in [-0.05, 0) is 38.1 Å². The number of nitrogens with zero attached hydrogens (tertiary/aromatic N) is 1. The fourth-order valence-corrected chi connectivity index (χ4v) is 2.23. The minimum Gasteiger partial charge on any atom is -0.384 e. The van der Waals surface area contributed by atoms with E-state index in [2.05, 4.69) is 11.8 Å². The molecule has 1 amide bonds.